The summed E-state index contributed by atoms with van der Waals surface area (Å²) in [4.78, 5) is 25.7. The molecule has 0 bridgehead atoms. The molecule has 0 spiro atoms. The largest absolute Gasteiger partial charge is 0.465 e. The molecule has 0 saturated heterocycles. The lowest BCUT2D eigenvalue weighted by atomic mass is 10.0. The Hall–Kier alpha value is -2.56. The first kappa shape index (κ1) is 21.7. The number of unbranched alkanes of at least 4 members (excludes halogenated alkanes) is 1. The third-order valence-corrected chi connectivity index (χ3v) is 4.58. The van der Waals surface area contributed by atoms with E-state index in [2.05, 4.69) is 6.92 Å². The molecule has 0 unspecified atom stereocenters. The molecule has 0 aliphatic heterocycles. The lowest BCUT2D eigenvalue weighted by molar-refractivity contribution is 0.0528. The molecular weight excluding hydrogens is 354 g/mol. The minimum atomic E-state index is -0.632. The van der Waals surface area contributed by atoms with Crippen molar-refractivity contribution >= 4 is 12.1 Å². The van der Waals surface area contributed by atoms with Crippen molar-refractivity contribution in [2.24, 2.45) is 0 Å². The summed E-state index contributed by atoms with van der Waals surface area (Å²) in [7, 11) is 1.37. The van der Waals surface area contributed by atoms with Gasteiger partial charge in [0.2, 0.25) is 0 Å². The molecule has 1 aromatic carbocycles. The van der Waals surface area contributed by atoms with E-state index in [-0.39, 0.29) is 0 Å². The van der Waals surface area contributed by atoms with Gasteiger partial charge in [0.1, 0.15) is 5.60 Å². The average molecular weight is 386 g/mol. The van der Waals surface area contributed by atoms with Crippen LogP contribution < -0.4 is 0 Å². The molecule has 5 heteroatoms. The van der Waals surface area contributed by atoms with Crippen LogP contribution in [-0.2, 0) is 22.3 Å². The summed E-state index contributed by atoms with van der Waals surface area (Å²) in [6.07, 6.45) is 2.49. The Morgan fingerprint density at radius 1 is 1.07 bits per heavy atom. The number of esters is 1. The molecule has 152 valence electrons. The molecule has 0 saturated carbocycles. The van der Waals surface area contributed by atoms with E-state index in [9.17, 15) is 9.59 Å². The van der Waals surface area contributed by atoms with Crippen molar-refractivity contribution in [3.63, 3.8) is 0 Å². The molecule has 1 aromatic heterocycles. The number of carbonyl (C=O) groups excluding carboxylic acids is 2. The Kier molecular flexibility index (Phi) is 7.05. The molecule has 0 aliphatic rings. The van der Waals surface area contributed by atoms with Gasteiger partial charge < -0.3 is 9.47 Å². The third-order valence-electron chi connectivity index (χ3n) is 4.58. The van der Waals surface area contributed by atoms with E-state index in [4.69, 9.17) is 9.47 Å². The maximum Gasteiger partial charge on any atom is 0.418 e. The van der Waals surface area contributed by atoms with Gasteiger partial charge in [-0.3, -0.25) is 4.57 Å². The number of ether oxygens (including phenoxy) is 2. The van der Waals surface area contributed by atoms with Crippen LogP contribution in [0.15, 0.2) is 30.3 Å². The number of carbonyl (C=O) groups is 2. The van der Waals surface area contributed by atoms with Crippen molar-refractivity contribution in [1.29, 1.82) is 0 Å². The van der Waals surface area contributed by atoms with Gasteiger partial charge in [0.25, 0.3) is 0 Å². The number of aromatic nitrogens is 1. The van der Waals surface area contributed by atoms with Gasteiger partial charge in [-0.2, -0.15) is 0 Å². The van der Waals surface area contributed by atoms with Gasteiger partial charge in [-0.1, -0.05) is 43.7 Å². The zero-order valence-electron chi connectivity index (χ0n) is 17.8. The van der Waals surface area contributed by atoms with Crippen LogP contribution in [0.3, 0.4) is 0 Å². The SMILES string of the molecule is CCCCc1c(C(=O)OC)c(C)c(Cc2ccccc2)n1C(=O)OC(C)(C)C. The second-order valence-electron chi connectivity index (χ2n) is 7.97. The molecule has 0 atom stereocenters. The second-order valence-corrected chi connectivity index (χ2v) is 7.97. The predicted octanol–water partition coefficient (Wildman–Crippen LogP) is 5.30. The van der Waals surface area contributed by atoms with Crippen LogP contribution in [0, 0.1) is 6.92 Å². The topological polar surface area (TPSA) is 57.5 Å². The van der Waals surface area contributed by atoms with Gasteiger partial charge in [0.05, 0.1) is 12.7 Å². The number of methoxy groups -OCH3 is 1. The molecule has 0 N–H and O–H groups in total. The number of nitrogens with zero attached hydrogens (tertiary/aromatic N) is 1. The van der Waals surface area contributed by atoms with E-state index < -0.39 is 17.7 Å². The Morgan fingerprint density at radius 3 is 2.25 bits per heavy atom. The fourth-order valence-electron chi connectivity index (χ4n) is 3.29. The minimum Gasteiger partial charge on any atom is -0.465 e. The normalized spacial score (nSPS) is 11.4. The number of benzene rings is 1. The van der Waals surface area contributed by atoms with E-state index >= 15 is 0 Å². The van der Waals surface area contributed by atoms with Crippen LogP contribution in [0.1, 0.15) is 73.4 Å². The van der Waals surface area contributed by atoms with Crippen LogP contribution in [0.2, 0.25) is 0 Å². The van der Waals surface area contributed by atoms with Crippen molar-refractivity contribution in [3.05, 3.63) is 58.4 Å². The molecule has 2 aromatic rings. The molecule has 2 rings (SSSR count). The predicted molar refractivity (Wildman–Crippen MR) is 110 cm³/mol. The fraction of sp³-hybridized carbons (Fsp3) is 0.478. The summed E-state index contributed by atoms with van der Waals surface area (Å²) < 4.78 is 12.3. The molecule has 0 fully saturated rings. The van der Waals surface area contributed by atoms with Crippen LogP contribution in [0.4, 0.5) is 4.79 Å². The van der Waals surface area contributed by atoms with Gasteiger partial charge in [-0.05, 0) is 51.7 Å². The van der Waals surface area contributed by atoms with E-state index in [0.717, 1.165) is 29.7 Å². The van der Waals surface area contributed by atoms with Crippen molar-refractivity contribution in [3.8, 4) is 0 Å². The zero-order chi connectivity index (χ0) is 20.9. The van der Waals surface area contributed by atoms with Crippen molar-refractivity contribution in [1.82, 2.24) is 4.57 Å². The minimum absolute atomic E-state index is 0.416. The van der Waals surface area contributed by atoms with Gasteiger partial charge in [-0.15, -0.1) is 0 Å². The monoisotopic (exact) mass is 385 g/mol. The smallest absolute Gasteiger partial charge is 0.418 e. The summed E-state index contributed by atoms with van der Waals surface area (Å²) in [6.45, 7) is 9.47. The van der Waals surface area contributed by atoms with Crippen LogP contribution >= 0.6 is 0 Å². The highest BCUT2D eigenvalue weighted by molar-refractivity contribution is 5.95. The van der Waals surface area contributed by atoms with Gasteiger partial charge in [0, 0.05) is 17.8 Å². The zero-order valence-corrected chi connectivity index (χ0v) is 17.8. The summed E-state index contributed by atoms with van der Waals surface area (Å²) in [5, 5.41) is 0. The van der Waals surface area contributed by atoms with E-state index in [0.29, 0.717) is 24.1 Å². The highest BCUT2D eigenvalue weighted by Crippen LogP contribution is 2.28. The number of rotatable bonds is 6. The molecule has 5 nitrogen and oxygen atoms in total. The first-order valence-corrected chi connectivity index (χ1v) is 9.78. The Labute approximate surface area is 167 Å². The second kappa shape index (κ2) is 9.09. The molecule has 1 heterocycles. The lowest BCUT2D eigenvalue weighted by Gasteiger charge is -2.22. The van der Waals surface area contributed by atoms with Crippen molar-refractivity contribution in [2.75, 3.05) is 7.11 Å². The van der Waals surface area contributed by atoms with Gasteiger partial charge in [-0.25, -0.2) is 9.59 Å². The summed E-state index contributed by atoms with van der Waals surface area (Å²) in [5.74, 6) is -0.416. The van der Waals surface area contributed by atoms with E-state index in [1.165, 1.54) is 7.11 Å². The van der Waals surface area contributed by atoms with Gasteiger partial charge in [0.15, 0.2) is 0 Å². The first-order chi connectivity index (χ1) is 13.2. The lowest BCUT2D eigenvalue weighted by Crippen LogP contribution is -2.29. The summed E-state index contributed by atoms with van der Waals surface area (Å²) >= 11 is 0. The Balaban J connectivity index is 2.67. The molecular formula is C23H31NO4. The van der Waals surface area contributed by atoms with E-state index in [1.807, 2.05) is 58.0 Å². The van der Waals surface area contributed by atoms with Gasteiger partial charge >= 0.3 is 12.1 Å². The maximum absolute atomic E-state index is 13.1. The first-order valence-electron chi connectivity index (χ1n) is 9.78. The third kappa shape index (κ3) is 5.03. The molecule has 28 heavy (non-hydrogen) atoms. The Morgan fingerprint density at radius 2 is 1.71 bits per heavy atom. The van der Waals surface area contributed by atoms with E-state index in [1.54, 1.807) is 4.57 Å². The average Bonchev–Trinajstić information content (AvgIpc) is 2.90. The standard InChI is InChI=1S/C23H31NO4/c1-7-8-14-18-20(21(25)27-6)16(2)19(15-17-12-10-9-11-13-17)24(18)22(26)28-23(3,4)5/h9-13H,7-8,14-15H2,1-6H3. The number of hydrogen-bond donors (Lipinski definition) is 0. The van der Waals surface area contributed by atoms with Crippen molar-refractivity contribution < 1.29 is 19.1 Å². The number of hydrogen-bond acceptors (Lipinski definition) is 4. The quantitative estimate of drug-likeness (QED) is 0.633. The summed E-state index contributed by atoms with van der Waals surface area (Å²) in [5.41, 5.74) is 3.12. The molecule has 0 radical (unpaired) electrons. The van der Waals surface area contributed by atoms with Crippen LogP contribution in [0.25, 0.3) is 0 Å². The maximum atomic E-state index is 13.1. The highest BCUT2D eigenvalue weighted by atomic mass is 16.6. The van der Waals surface area contributed by atoms with Crippen LogP contribution in [0.5, 0.6) is 0 Å². The fourth-order valence-corrected chi connectivity index (χ4v) is 3.29. The Bertz CT molecular complexity index is 829. The van der Waals surface area contributed by atoms with Crippen molar-refractivity contribution in [2.45, 2.75) is 65.9 Å². The molecule has 0 aliphatic carbocycles. The van der Waals surface area contributed by atoms with Crippen LogP contribution in [-0.4, -0.2) is 29.3 Å². The summed E-state index contributed by atoms with van der Waals surface area (Å²) in [6, 6.07) is 9.90. The molecule has 0 amide bonds. The highest BCUT2D eigenvalue weighted by Gasteiger charge is 2.30.